The number of hydrogen-bond acceptors (Lipinski definition) is 7. The van der Waals surface area contributed by atoms with E-state index in [2.05, 4.69) is 38.5 Å². The van der Waals surface area contributed by atoms with E-state index in [0.717, 1.165) is 32.0 Å². The van der Waals surface area contributed by atoms with Crippen molar-refractivity contribution in [1.82, 2.24) is 30.2 Å². The number of pyridine rings is 2. The number of thiophene rings is 1. The van der Waals surface area contributed by atoms with Gasteiger partial charge in [0.25, 0.3) is 0 Å². The fourth-order valence-corrected chi connectivity index (χ4v) is 4.81. The standard InChI is InChI=1S/C24H20FN7S/c1-13-4-5-19(21(25)15(13)3)32-24(29-30-31-32)18-11-17(12-28-23(18)26)20-10-14(2)22(33-20)16-6-8-27-9-7-16/h4-12H,1-3H3,(H2,26,28). The highest BCUT2D eigenvalue weighted by Gasteiger charge is 2.20. The molecule has 0 radical (unpaired) electrons. The van der Waals surface area contributed by atoms with Crippen molar-refractivity contribution in [2.45, 2.75) is 20.8 Å². The SMILES string of the molecule is Cc1cc(-c2cnc(N)c(-c3nnnn3-c3ccc(C)c(C)c3F)c2)sc1-c1ccncc1. The average molecular weight is 458 g/mol. The predicted molar refractivity (Wildman–Crippen MR) is 128 cm³/mol. The van der Waals surface area contributed by atoms with Crippen LogP contribution in [-0.2, 0) is 0 Å². The van der Waals surface area contributed by atoms with Crippen molar-refractivity contribution in [3.05, 3.63) is 77.5 Å². The number of aryl methyl sites for hydroxylation is 2. The molecule has 5 rings (SSSR count). The predicted octanol–water partition coefficient (Wildman–Crippen LogP) is 5.16. The number of tetrazole rings is 1. The molecule has 0 amide bonds. The van der Waals surface area contributed by atoms with Crippen molar-refractivity contribution >= 4 is 17.2 Å². The molecule has 0 unspecified atom stereocenters. The summed E-state index contributed by atoms with van der Waals surface area (Å²) in [7, 11) is 0. The minimum absolute atomic E-state index is 0.259. The van der Waals surface area contributed by atoms with Gasteiger partial charge in [0, 0.05) is 33.9 Å². The van der Waals surface area contributed by atoms with Crippen molar-refractivity contribution in [2.75, 3.05) is 5.73 Å². The Balaban J connectivity index is 1.60. The van der Waals surface area contributed by atoms with E-state index < -0.39 is 0 Å². The topological polar surface area (TPSA) is 95.4 Å². The summed E-state index contributed by atoms with van der Waals surface area (Å²) in [6, 6.07) is 11.5. The van der Waals surface area contributed by atoms with E-state index in [1.165, 1.54) is 4.68 Å². The zero-order valence-corrected chi connectivity index (χ0v) is 19.1. The van der Waals surface area contributed by atoms with Crippen LogP contribution in [-0.4, -0.2) is 30.2 Å². The van der Waals surface area contributed by atoms with Crippen molar-refractivity contribution in [1.29, 1.82) is 0 Å². The summed E-state index contributed by atoms with van der Waals surface area (Å²) < 4.78 is 16.4. The lowest BCUT2D eigenvalue weighted by atomic mass is 10.1. The number of benzene rings is 1. The second kappa shape index (κ2) is 8.18. The number of aromatic nitrogens is 6. The molecule has 0 aliphatic heterocycles. The molecule has 164 valence electrons. The lowest BCUT2D eigenvalue weighted by molar-refractivity contribution is 0.598. The van der Waals surface area contributed by atoms with E-state index in [4.69, 9.17) is 5.73 Å². The zero-order valence-electron chi connectivity index (χ0n) is 18.2. The fourth-order valence-electron chi connectivity index (χ4n) is 3.65. The minimum Gasteiger partial charge on any atom is -0.383 e. The molecular formula is C24H20FN7S. The Kier molecular flexibility index (Phi) is 5.18. The van der Waals surface area contributed by atoms with Crippen LogP contribution in [0.1, 0.15) is 16.7 Å². The molecule has 0 aliphatic rings. The molecule has 4 heterocycles. The van der Waals surface area contributed by atoms with Crippen molar-refractivity contribution in [3.63, 3.8) is 0 Å². The third kappa shape index (κ3) is 3.66. The fraction of sp³-hybridized carbons (Fsp3) is 0.125. The molecule has 33 heavy (non-hydrogen) atoms. The molecule has 7 nitrogen and oxygen atoms in total. The molecular weight excluding hydrogens is 437 g/mol. The van der Waals surface area contributed by atoms with Crippen molar-refractivity contribution in [3.8, 4) is 38.0 Å². The summed E-state index contributed by atoms with van der Waals surface area (Å²) in [5, 5.41) is 11.9. The summed E-state index contributed by atoms with van der Waals surface area (Å²) in [5.74, 6) is 0.218. The molecule has 2 N–H and O–H groups in total. The maximum absolute atomic E-state index is 15.0. The van der Waals surface area contributed by atoms with Gasteiger partial charge in [0.1, 0.15) is 11.5 Å². The van der Waals surface area contributed by atoms with Crippen molar-refractivity contribution < 1.29 is 4.39 Å². The Morgan fingerprint density at radius 3 is 2.55 bits per heavy atom. The van der Waals surface area contributed by atoms with Gasteiger partial charge in [-0.05, 0) is 83.8 Å². The van der Waals surface area contributed by atoms with Gasteiger partial charge in [-0.2, -0.15) is 4.68 Å². The quantitative estimate of drug-likeness (QED) is 0.400. The van der Waals surface area contributed by atoms with E-state index in [0.29, 0.717) is 17.0 Å². The van der Waals surface area contributed by atoms with Crippen LogP contribution in [0.4, 0.5) is 10.2 Å². The highest BCUT2D eigenvalue weighted by atomic mass is 32.1. The van der Waals surface area contributed by atoms with Gasteiger partial charge in [-0.3, -0.25) is 4.98 Å². The Morgan fingerprint density at radius 1 is 0.970 bits per heavy atom. The lowest BCUT2D eigenvalue weighted by Crippen LogP contribution is -2.06. The van der Waals surface area contributed by atoms with E-state index in [9.17, 15) is 0 Å². The maximum Gasteiger partial charge on any atom is 0.190 e. The first-order chi connectivity index (χ1) is 15.9. The Bertz CT molecular complexity index is 1470. The monoisotopic (exact) mass is 457 g/mol. The average Bonchev–Trinajstić information content (AvgIpc) is 3.45. The van der Waals surface area contributed by atoms with Crippen LogP contribution >= 0.6 is 11.3 Å². The zero-order chi connectivity index (χ0) is 23.1. The van der Waals surface area contributed by atoms with Gasteiger partial charge in [0.05, 0.1) is 5.56 Å². The van der Waals surface area contributed by atoms with Gasteiger partial charge < -0.3 is 5.73 Å². The third-order valence-electron chi connectivity index (χ3n) is 5.64. The highest BCUT2D eigenvalue weighted by Crippen LogP contribution is 2.39. The molecule has 0 saturated carbocycles. The molecule has 0 aliphatic carbocycles. The number of halogens is 1. The molecule has 1 aromatic carbocycles. The van der Waals surface area contributed by atoms with Crippen molar-refractivity contribution in [2.24, 2.45) is 0 Å². The van der Waals surface area contributed by atoms with Gasteiger partial charge in [-0.15, -0.1) is 16.4 Å². The number of rotatable bonds is 4. The number of nitrogens with two attached hydrogens (primary N) is 1. The normalized spacial score (nSPS) is 11.2. The second-order valence-electron chi connectivity index (χ2n) is 7.77. The van der Waals surface area contributed by atoms with Gasteiger partial charge in [0.15, 0.2) is 11.6 Å². The van der Waals surface area contributed by atoms with Crippen LogP contribution in [0.5, 0.6) is 0 Å². The van der Waals surface area contributed by atoms with Crippen LogP contribution in [0.25, 0.3) is 38.0 Å². The maximum atomic E-state index is 15.0. The number of hydrogen-bond donors (Lipinski definition) is 1. The molecule has 5 aromatic rings. The second-order valence-corrected chi connectivity index (χ2v) is 8.82. The largest absolute Gasteiger partial charge is 0.383 e. The van der Waals surface area contributed by atoms with Crippen LogP contribution in [0.15, 0.2) is 55.0 Å². The molecule has 4 aromatic heterocycles. The Morgan fingerprint density at radius 2 is 1.76 bits per heavy atom. The first-order valence-electron chi connectivity index (χ1n) is 10.3. The van der Waals surface area contributed by atoms with Crippen LogP contribution in [0.2, 0.25) is 0 Å². The lowest BCUT2D eigenvalue weighted by Gasteiger charge is -2.11. The van der Waals surface area contributed by atoms with Crippen LogP contribution < -0.4 is 5.73 Å². The summed E-state index contributed by atoms with van der Waals surface area (Å²) in [5.41, 5.74) is 11.5. The first-order valence-corrected chi connectivity index (χ1v) is 11.1. The molecule has 0 atom stereocenters. The highest BCUT2D eigenvalue weighted by molar-refractivity contribution is 7.19. The summed E-state index contributed by atoms with van der Waals surface area (Å²) >= 11 is 1.66. The molecule has 0 spiro atoms. The van der Waals surface area contributed by atoms with Gasteiger partial charge in [-0.1, -0.05) is 6.07 Å². The number of nitrogens with zero attached hydrogens (tertiary/aromatic N) is 6. The minimum atomic E-state index is -0.373. The molecule has 0 saturated heterocycles. The Labute approximate surface area is 193 Å². The summed E-state index contributed by atoms with van der Waals surface area (Å²) in [6.45, 7) is 5.66. The first kappa shape index (κ1) is 20.9. The summed E-state index contributed by atoms with van der Waals surface area (Å²) in [4.78, 5) is 10.7. The van der Waals surface area contributed by atoms with E-state index in [1.807, 2.05) is 31.2 Å². The molecule has 0 bridgehead atoms. The van der Waals surface area contributed by atoms with Gasteiger partial charge in [0.2, 0.25) is 0 Å². The van der Waals surface area contributed by atoms with E-state index >= 15 is 4.39 Å². The smallest absolute Gasteiger partial charge is 0.190 e. The van der Waals surface area contributed by atoms with E-state index in [1.54, 1.807) is 42.9 Å². The van der Waals surface area contributed by atoms with Gasteiger partial charge >= 0.3 is 0 Å². The molecule has 9 heteroatoms. The number of anilines is 1. The molecule has 0 fully saturated rings. The van der Waals surface area contributed by atoms with E-state index in [-0.39, 0.29) is 17.3 Å². The summed E-state index contributed by atoms with van der Waals surface area (Å²) in [6.07, 6.45) is 5.29. The van der Waals surface area contributed by atoms with Gasteiger partial charge in [-0.25, -0.2) is 9.37 Å². The third-order valence-corrected chi connectivity index (χ3v) is 6.97. The van der Waals surface area contributed by atoms with Crippen LogP contribution in [0, 0.1) is 26.6 Å². The Hall–Kier alpha value is -3.98. The van der Waals surface area contributed by atoms with Crippen LogP contribution in [0.3, 0.4) is 0 Å². The number of nitrogen functional groups attached to an aromatic ring is 1.